The van der Waals surface area contributed by atoms with Gasteiger partial charge in [-0.15, -0.1) is 0 Å². The minimum absolute atomic E-state index is 0.101. The third-order valence-corrected chi connectivity index (χ3v) is 2.92. The highest BCUT2D eigenvalue weighted by atomic mass is 19.4. The van der Waals surface area contributed by atoms with Crippen molar-refractivity contribution in [2.75, 3.05) is 13.1 Å². The lowest BCUT2D eigenvalue weighted by molar-refractivity contribution is -0.143. The zero-order chi connectivity index (χ0) is 22.4. The molecular formula is C16H27BF6N2O3. The first-order valence-corrected chi connectivity index (χ1v) is 8.55. The SMILES string of the molecule is CCCCN.CCCCN.OB(O)Oc1cc(C(F)(F)F)cc(C(F)(F)F)c1. The van der Waals surface area contributed by atoms with Gasteiger partial charge >= 0.3 is 19.7 Å². The van der Waals surface area contributed by atoms with Gasteiger partial charge in [-0.3, -0.25) is 0 Å². The summed E-state index contributed by atoms with van der Waals surface area (Å²) in [7, 11) is -2.52. The van der Waals surface area contributed by atoms with Gasteiger partial charge in [0.1, 0.15) is 5.75 Å². The van der Waals surface area contributed by atoms with E-state index < -0.39 is 36.6 Å². The van der Waals surface area contributed by atoms with E-state index in [2.05, 4.69) is 18.5 Å². The number of hydrogen-bond acceptors (Lipinski definition) is 5. The molecular weight excluding hydrogens is 393 g/mol. The lowest BCUT2D eigenvalue weighted by Gasteiger charge is -2.14. The molecule has 0 fully saturated rings. The zero-order valence-corrected chi connectivity index (χ0v) is 15.8. The van der Waals surface area contributed by atoms with Crippen molar-refractivity contribution in [3.63, 3.8) is 0 Å². The summed E-state index contributed by atoms with van der Waals surface area (Å²) >= 11 is 0. The summed E-state index contributed by atoms with van der Waals surface area (Å²) in [6.45, 7) is 5.95. The summed E-state index contributed by atoms with van der Waals surface area (Å²) in [5.41, 5.74) is 7.07. The number of unbranched alkanes of at least 4 members (excludes halogenated alkanes) is 2. The molecule has 0 aliphatic carbocycles. The lowest BCUT2D eigenvalue weighted by atomic mass is 10.1. The molecule has 0 aliphatic heterocycles. The van der Waals surface area contributed by atoms with Crippen molar-refractivity contribution in [3.05, 3.63) is 29.3 Å². The van der Waals surface area contributed by atoms with Crippen LogP contribution >= 0.6 is 0 Å². The van der Waals surface area contributed by atoms with E-state index in [1.807, 2.05) is 0 Å². The Labute approximate surface area is 160 Å². The molecule has 6 N–H and O–H groups in total. The van der Waals surface area contributed by atoms with Crippen LogP contribution in [0.3, 0.4) is 0 Å². The quantitative estimate of drug-likeness (QED) is 0.417. The fraction of sp³-hybridized carbons (Fsp3) is 0.625. The van der Waals surface area contributed by atoms with Gasteiger partial charge in [0.15, 0.2) is 0 Å². The van der Waals surface area contributed by atoms with Crippen molar-refractivity contribution in [1.29, 1.82) is 0 Å². The molecule has 0 aromatic heterocycles. The minimum Gasteiger partial charge on any atom is -0.512 e. The van der Waals surface area contributed by atoms with Crippen LogP contribution < -0.4 is 16.1 Å². The van der Waals surface area contributed by atoms with E-state index in [1.54, 1.807) is 0 Å². The molecule has 1 rings (SSSR count). The van der Waals surface area contributed by atoms with Gasteiger partial charge in [0.05, 0.1) is 11.1 Å². The largest absolute Gasteiger partial charge is 0.707 e. The Bertz CT molecular complexity index is 486. The van der Waals surface area contributed by atoms with E-state index in [0.29, 0.717) is 0 Å². The number of alkyl halides is 6. The molecule has 0 spiro atoms. The van der Waals surface area contributed by atoms with E-state index >= 15 is 0 Å². The number of benzene rings is 1. The average molecular weight is 420 g/mol. The standard InChI is InChI=1S/C8H5BF6O3.2C4H11N/c10-7(11,12)4-1-5(8(13,14)15)3-6(2-4)18-9(16)17;2*1-2-3-4-5/h1-3,16-17H;2*2-5H2,1H3. The predicted octanol–water partition coefficient (Wildman–Crippen LogP) is 3.56. The van der Waals surface area contributed by atoms with E-state index in [1.165, 1.54) is 25.7 Å². The number of rotatable bonds is 6. The summed E-state index contributed by atoms with van der Waals surface area (Å²) < 4.78 is 78.0. The minimum atomic E-state index is -5.01. The van der Waals surface area contributed by atoms with Gasteiger partial charge < -0.3 is 26.2 Å². The number of halogens is 6. The maximum atomic E-state index is 12.3. The van der Waals surface area contributed by atoms with Crippen molar-refractivity contribution in [3.8, 4) is 5.75 Å². The molecule has 0 saturated heterocycles. The van der Waals surface area contributed by atoms with E-state index in [0.717, 1.165) is 13.1 Å². The van der Waals surface area contributed by atoms with Crippen molar-refractivity contribution in [1.82, 2.24) is 0 Å². The summed E-state index contributed by atoms with van der Waals surface area (Å²) in [6.07, 6.45) is -5.26. The highest BCUT2D eigenvalue weighted by Gasteiger charge is 2.37. The molecule has 0 saturated carbocycles. The molecule has 164 valence electrons. The molecule has 0 bridgehead atoms. The molecule has 0 atom stereocenters. The second-order valence-electron chi connectivity index (χ2n) is 5.47. The molecule has 0 radical (unpaired) electrons. The van der Waals surface area contributed by atoms with Gasteiger partial charge in [0.2, 0.25) is 0 Å². The van der Waals surface area contributed by atoms with Crippen molar-refractivity contribution < 1.29 is 41.0 Å². The van der Waals surface area contributed by atoms with Crippen LogP contribution in [-0.2, 0) is 12.4 Å². The maximum absolute atomic E-state index is 12.3. The Hall–Kier alpha value is -1.50. The van der Waals surface area contributed by atoms with Crippen molar-refractivity contribution >= 4 is 7.32 Å². The molecule has 1 aromatic carbocycles. The third kappa shape index (κ3) is 14.5. The molecule has 1 aromatic rings. The predicted molar refractivity (Wildman–Crippen MR) is 95.2 cm³/mol. The second kappa shape index (κ2) is 14.5. The summed E-state index contributed by atoms with van der Waals surface area (Å²) in [5, 5.41) is 16.7. The van der Waals surface area contributed by atoms with Crippen molar-refractivity contribution in [2.45, 2.75) is 51.9 Å². The number of hydrogen-bond donors (Lipinski definition) is 4. The Morgan fingerprint density at radius 1 is 0.821 bits per heavy atom. The normalized spacial score (nSPS) is 11.0. The summed E-state index contributed by atoms with van der Waals surface area (Å²) in [5.74, 6) is -0.952. The van der Waals surface area contributed by atoms with E-state index in [-0.39, 0.29) is 18.2 Å². The van der Waals surface area contributed by atoms with Crippen LogP contribution in [0.2, 0.25) is 0 Å². The molecule has 5 nitrogen and oxygen atoms in total. The monoisotopic (exact) mass is 420 g/mol. The van der Waals surface area contributed by atoms with Crippen LogP contribution in [0, 0.1) is 0 Å². The molecule has 28 heavy (non-hydrogen) atoms. The van der Waals surface area contributed by atoms with Gasteiger partial charge in [-0.1, -0.05) is 26.7 Å². The van der Waals surface area contributed by atoms with Crippen LogP contribution in [-0.4, -0.2) is 30.5 Å². The molecule has 0 unspecified atom stereocenters. The molecule has 12 heteroatoms. The first-order valence-electron chi connectivity index (χ1n) is 8.55. The van der Waals surface area contributed by atoms with E-state index in [4.69, 9.17) is 21.5 Å². The Morgan fingerprint density at radius 2 is 1.18 bits per heavy atom. The first kappa shape index (κ1) is 28.7. The Kier molecular flexibility index (Phi) is 14.9. The summed E-state index contributed by atoms with van der Waals surface area (Å²) in [6, 6.07) is 0.361. The highest BCUT2D eigenvalue weighted by Crippen LogP contribution is 2.38. The van der Waals surface area contributed by atoms with Crippen LogP contribution in [0.4, 0.5) is 26.3 Å². The Morgan fingerprint density at radius 3 is 1.36 bits per heavy atom. The van der Waals surface area contributed by atoms with Gasteiger partial charge in [-0.2, -0.15) is 26.3 Å². The zero-order valence-electron chi connectivity index (χ0n) is 15.8. The fourth-order valence-electron chi connectivity index (χ4n) is 1.52. The lowest BCUT2D eigenvalue weighted by Crippen LogP contribution is -2.21. The number of nitrogens with two attached hydrogens (primary N) is 2. The van der Waals surface area contributed by atoms with Gasteiger partial charge in [-0.05, 0) is 44.1 Å². The van der Waals surface area contributed by atoms with Crippen LogP contribution in [0.25, 0.3) is 0 Å². The third-order valence-electron chi connectivity index (χ3n) is 2.92. The molecule has 0 aliphatic rings. The van der Waals surface area contributed by atoms with E-state index in [9.17, 15) is 26.3 Å². The van der Waals surface area contributed by atoms with Gasteiger partial charge in [-0.25, -0.2) is 0 Å². The second-order valence-corrected chi connectivity index (χ2v) is 5.47. The highest BCUT2D eigenvalue weighted by molar-refractivity contribution is 6.33. The molecule has 0 heterocycles. The first-order chi connectivity index (χ1) is 12.8. The van der Waals surface area contributed by atoms with Crippen molar-refractivity contribution in [2.24, 2.45) is 11.5 Å². The van der Waals surface area contributed by atoms with Gasteiger partial charge in [0.25, 0.3) is 0 Å². The van der Waals surface area contributed by atoms with Crippen LogP contribution in [0.1, 0.15) is 50.7 Å². The smallest absolute Gasteiger partial charge is 0.512 e. The topological polar surface area (TPSA) is 102 Å². The van der Waals surface area contributed by atoms with Gasteiger partial charge in [0, 0.05) is 0 Å². The summed E-state index contributed by atoms with van der Waals surface area (Å²) in [4.78, 5) is 0. The molecule has 0 amide bonds. The fourth-order valence-corrected chi connectivity index (χ4v) is 1.52. The maximum Gasteiger partial charge on any atom is 0.707 e. The Balaban J connectivity index is 0. The van der Waals surface area contributed by atoms with Crippen LogP contribution in [0.5, 0.6) is 5.75 Å². The average Bonchev–Trinajstić information content (AvgIpc) is 2.55. The van der Waals surface area contributed by atoms with Crippen LogP contribution in [0.15, 0.2) is 18.2 Å².